The van der Waals surface area contributed by atoms with Crippen LogP contribution in [-0.2, 0) is 11.3 Å². The van der Waals surface area contributed by atoms with Crippen LogP contribution in [0.2, 0.25) is 0 Å². The second-order valence-corrected chi connectivity index (χ2v) is 7.00. The molecule has 0 aliphatic carbocycles. The van der Waals surface area contributed by atoms with Crippen LogP contribution in [0.1, 0.15) is 12.0 Å². The molecular formula is C22H23FN4O2. The van der Waals surface area contributed by atoms with E-state index in [0.29, 0.717) is 43.1 Å². The number of para-hydroxylation sites is 1. The van der Waals surface area contributed by atoms with Gasteiger partial charge in [-0.2, -0.15) is 5.10 Å². The number of ether oxygens (including phenoxy) is 1. The first kappa shape index (κ1) is 19.1. The number of benzene rings is 2. The van der Waals surface area contributed by atoms with Gasteiger partial charge in [0.15, 0.2) is 0 Å². The van der Waals surface area contributed by atoms with Crippen molar-refractivity contribution in [3.05, 3.63) is 66.1 Å². The summed E-state index contributed by atoms with van der Waals surface area (Å²) in [4.78, 5) is 13.8. The van der Waals surface area contributed by atoms with Crippen molar-refractivity contribution in [2.24, 2.45) is 0 Å². The Hall–Kier alpha value is -3.19. The molecule has 0 spiro atoms. The van der Waals surface area contributed by atoms with Crippen LogP contribution in [0.4, 0.5) is 4.39 Å². The summed E-state index contributed by atoms with van der Waals surface area (Å²) in [5, 5.41) is 7.58. The smallest absolute Gasteiger partial charge is 0.221 e. The van der Waals surface area contributed by atoms with Crippen molar-refractivity contribution in [3.8, 4) is 22.7 Å². The topological polar surface area (TPSA) is 59.4 Å². The summed E-state index contributed by atoms with van der Waals surface area (Å²) in [6.45, 7) is 2.60. The van der Waals surface area contributed by atoms with Crippen molar-refractivity contribution >= 4 is 5.91 Å². The normalized spacial score (nSPS) is 15.0. The summed E-state index contributed by atoms with van der Waals surface area (Å²) in [5.41, 5.74) is 2.84. The molecule has 2 heterocycles. The number of nitrogens with zero attached hydrogens (tertiary/aromatic N) is 3. The third-order valence-electron chi connectivity index (χ3n) is 5.04. The number of nitrogens with one attached hydrogen (secondary N) is 1. The predicted octanol–water partition coefficient (Wildman–Crippen LogP) is 3.01. The second kappa shape index (κ2) is 8.45. The summed E-state index contributed by atoms with van der Waals surface area (Å²) in [5.74, 6) is 0.151. The van der Waals surface area contributed by atoms with Crippen molar-refractivity contribution in [2.45, 2.75) is 13.0 Å². The largest absolute Gasteiger partial charge is 0.497 e. The summed E-state index contributed by atoms with van der Waals surface area (Å²) < 4.78 is 21.7. The highest BCUT2D eigenvalue weighted by atomic mass is 19.1. The van der Waals surface area contributed by atoms with Gasteiger partial charge < -0.3 is 10.1 Å². The maximum Gasteiger partial charge on any atom is 0.221 e. The van der Waals surface area contributed by atoms with E-state index in [-0.39, 0.29) is 11.7 Å². The summed E-state index contributed by atoms with van der Waals surface area (Å²) >= 11 is 0. The number of aromatic nitrogens is 2. The number of methoxy groups -OCH3 is 1. The first-order valence-electron chi connectivity index (χ1n) is 9.61. The first-order valence-corrected chi connectivity index (χ1v) is 9.61. The molecule has 3 aromatic rings. The third kappa shape index (κ3) is 4.30. The number of hydrogen-bond acceptors (Lipinski definition) is 4. The van der Waals surface area contributed by atoms with Crippen molar-refractivity contribution in [2.75, 3.05) is 26.7 Å². The molecule has 0 unspecified atom stereocenters. The molecule has 150 valence electrons. The Morgan fingerprint density at radius 1 is 1.17 bits per heavy atom. The molecule has 0 saturated carbocycles. The van der Waals surface area contributed by atoms with Crippen molar-refractivity contribution in [1.29, 1.82) is 0 Å². The lowest BCUT2D eigenvalue weighted by Crippen LogP contribution is -2.28. The Bertz CT molecular complexity index is 1000. The Morgan fingerprint density at radius 3 is 2.76 bits per heavy atom. The second-order valence-electron chi connectivity index (χ2n) is 7.00. The average Bonchev–Trinajstić information content (AvgIpc) is 3.04. The summed E-state index contributed by atoms with van der Waals surface area (Å²) in [6, 6.07) is 14.5. The lowest BCUT2D eigenvalue weighted by atomic mass is 10.1. The van der Waals surface area contributed by atoms with Gasteiger partial charge in [-0.1, -0.05) is 18.2 Å². The molecular weight excluding hydrogens is 371 g/mol. The minimum absolute atomic E-state index is 0.0638. The predicted molar refractivity (Wildman–Crippen MR) is 108 cm³/mol. The van der Waals surface area contributed by atoms with Gasteiger partial charge in [0.05, 0.1) is 12.8 Å². The number of halogens is 1. The highest BCUT2D eigenvalue weighted by Crippen LogP contribution is 2.29. The standard InChI is InChI=1S/C22H23FN4O2/c1-29-18-7-8-19(20(23)13-18)22-16(14-26-11-9-21(28)24-10-12-26)15-27(25-22)17-5-3-2-4-6-17/h2-8,13,15H,9-12,14H2,1H3,(H,24,28). The lowest BCUT2D eigenvalue weighted by molar-refractivity contribution is -0.120. The minimum Gasteiger partial charge on any atom is -0.497 e. The van der Waals surface area contributed by atoms with E-state index in [4.69, 9.17) is 9.84 Å². The van der Waals surface area contributed by atoms with Gasteiger partial charge in [0.25, 0.3) is 0 Å². The molecule has 2 aromatic carbocycles. The molecule has 1 aromatic heterocycles. The summed E-state index contributed by atoms with van der Waals surface area (Å²) in [6.07, 6.45) is 2.40. The Labute approximate surface area is 168 Å². The maximum absolute atomic E-state index is 14.8. The van der Waals surface area contributed by atoms with E-state index in [9.17, 15) is 9.18 Å². The fraction of sp³-hybridized carbons (Fsp3) is 0.273. The molecule has 1 amide bonds. The molecule has 1 aliphatic heterocycles. The number of rotatable bonds is 5. The fourth-order valence-corrected chi connectivity index (χ4v) is 3.49. The van der Waals surface area contributed by atoms with Crippen molar-refractivity contribution in [1.82, 2.24) is 20.0 Å². The van der Waals surface area contributed by atoms with Gasteiger partial charge in [-0.25, -0.2) is 9.07 Å². The first-order chi connectivity index (χ1) is 14.1. The Balaban J connectivity index is 1.72. The Morgan fingerprint density at radius 2 is 2.00 bits per heavy atom. The molecule has 29 heavy (non-hydrogen) atoms. The van der Waals surface area contributed by atoms with Crippen LogP contribution in [0.3, 0.4) is 0 Å². The zero-order valence-electron chi connectivity index (χ0n) is 16.3. The van der Waals surface area contributed by atoms with Gasteiger partial charge >= 0.3 is 0 Å². The van der Waals surface area contributed by atoms with Crippen molar-refractivity contribution in [3.63, 3.8) is 0 Å². The molecule has 4 rings (SSSR count). The number of carbonyl (C=O) groups is 1. The van der Waals surface area contributed by atoms with E-state index in [1.165, 1.54) is 13.2 Å². The van der Waals surface area contributed by atoms with E-state index < -0.39 is 0 Å². The monoisotopic (exact) mass is 394 g/mol. The average molecular weight is 394 g/mol. The zero-order chi connectivity index (χ0) is 20.2. The minimum atomic E-state index is -0.378. The maximum atomic E-state index is 14.8. The molecule has 1 N–H and O–H groups in total. The molecule has 1 fully saturated rings. The van der Waals surface area contributed by atoms with Gasteiger partial charge in [0, 0.05) is 56.0 Å². The number of hydrogen-bond donors (Lipinski definition) is 1. The van der Waals surface area contributed by atoms with Gasteiger partial charge in [-0.15, -0.1) is 0 Å². The lowest BCUT2D eigenvalue weighted by Gasteiger charge is -2.18. The third-order valence-corrected chi connectivity index (χ3v) is 5.04. The Kier molecular flexibility index (Phi) is 5.57. The van der Waals surface area contributed by atoms with E-state index in [2.05, 4.69) is 10.2 Å². The highest BCUT2D eigenvalue weighted by molar-refractivity contribution is 5.76. The van der Waals surface area contributed by atoms with E-state index in [1.807, 2.05) is 36.5 Å². The van der Waals surface area contributed by atoms with E-state index >= 15 is 0 Å². The molecule has 0 bridgehead atoms. The number of carbonyl (C=O) groups excluding carboxylic acids is 1. The molecule has 7 heteroatoms. The van der Waals surface area contributed by atoms with Crippen LogP contribution >= 0.6 is 0 Å². The van der Waals surface area contributed by atoms with Gasteiger partial charge in [0.2, 0.25) is 5.91 Å². The quantitative estimate of drug-likeness (QED) is 0.723. The van der Waals surface area contributed by atoms with Crippen LogP contribution in [0.25, 0.3) is 16.9 Å². The molecule has 1 aliphatic rings. The van der Waals surface area contributed by atoms with Crippen LogP contribution in [-0.4, -0.2) is 47.3 Å². The van der Waals surface area contributed by atoms with Crippen molar-refractivity contribution < 1.29 is 13.9 Å². The van der Waals surface area contributed by atoms with Crippen LogP contribution in [0.15, 0.2) is 54.7 Å². The van der Waals surface area contributed by atoms with Gasteiger partial charge in [-0.3, -0.25) is 9.69 Å². The number of amides is 1. The zero-order valence-corrected chi connectivity index (χ0v) is 16.3. The SMILES string of the molecule is COc1ccc(-c2nn(-c3ccccc3)cc2CN2CCNC(=O)CC2)c(F)c1. The van der Waals surface area contributed by atoms with Gasteiger partial charge in [0.1, 0.15) is 17.3 Å². The molecule has 0 radical (unpaired) electrons. The van der Waals surface area contributed by atoms with Crippen LogP contribution in [0.5, 0.6) is 5.75 Å². The molecule has 0 atom stereocenters. The molecule has 6 nitrogen and oxygen atoms in total. The van der Waals surface area contributed by atoms with E-state index in [0.717, 1.165) is 17.8 Å². The summed E-state index contributed by atoms with van der Waals surface area (Å²) in [7, 11) is 1.51. The van der Waals surface area contributed by atoms with Crippen LogP contribution < -0.4 is 10.1 Å². The van der Waals surface area contributed by atoms with Crippen LogP contribution in [0, 0.1) is 5.82 Å². The van der Waals surface area contributed by atoms with E-state index in [1.54, 1.807) is 16.8 Å². The van der Waals surface area contributed by atoms with Gasteiger partial charge in [-0.05, 0) is 24.3 Å². The highest BCUT2D eigenvalue weighted by Gasteiger charge is 2.20. The molecule has 1 saturated heterocycles. The fourth-order valence-electron chi connectivity index (χ4n) is 3.49.